The van der Waals surface area contributed by atoms with Crippen LogP contribution in [0.15, 0.2) is 42.5 Å². The van der Waals surface area contributed by atoms with Crippen molar-refractivity contribution in [1.29, 1.82) is 0 Å². The van der Waals surface area contributed by atoms with Crippen LogP contribution in [0.2, 0.25) is 0 Å². The van der Waals surface area contributed by atoms with Crippen molar-refractivity contribution in [2.75, 3.05) is 27.9 Å². The van der Waals surface area contributed by atoms with Gasteiger partial charge in [-0.2, -0.15) is 0 Å². The van der Waals surface area contributed by atoms with E-state index in [1.54, 1.807) is 21.3 Å². The van der Waals surface area contributed by atoms with E-state index < -0.39 is 0 Å². The van der Waals surface area contributed by atoms with E-state index in [-0.39, 0.29) is 23.8 Å². The molecule has 1 N–H and O–H groups in total. The van der Waals surface area contributed by atoms with Crippen LogP contribution in [0.3, 0.4) is 0 Å². The lowest BCUT2D eigenvalue weighted by Gasteiger charge is -2.41. The van der Waals surface area contributed by atoms with Gasteiger partial charge in [0.25, 0.3) is 0 Å². The predicted octanol–water partition coefficient (Wildman–Crippen LogP) is 4.11. The van der Waals surface area contributed by atoms with Crippen LogP contribution < -0.4 is 19.5 Å². The molecule has 2 atom stereocenters. The summed E-state index contributed by atoms with van der Waals surface area (Å²) in [6.45, 7) is 3.08. The van der Waals surface area contributed by atoms with Gasteiger partial charge in [0.05, 0.1) is 33.3 Å². The van der Waals surface area contributed by atoms with Crippen molar-refractivity contribution in [2.45, 2.75) is 45.2 Å². The van der Waals surface area contributed by atoms with Crippen molar-refractivity contribution in [2.24, 2.45) is 5.92 Å². The van der Waals surface area contributed by atoms with E-state index in [2.05, 4.69) is 12.2 Å². The minimum atomic E-state index is -0.365. The molecule has 1 aliphatic heterocycles. The third kappa shape index (κ3) is 5.59. The molecule has 2 aromatic rings. The minimum absolute atomic E-state index is 0.0744. The number of para-hydroxylation sites is 1. The van der Waals surface area contributed by atoms with Crippen LogP contribution in [-0.4, -0.2) is 44.6 Å². The Kier molecular flexibility index (Phi) is 8.58. The largest absolute Gasteiger partial charge is 0.496 e. The zero-order valence-electron chi connectivity index (χ0n) is 19.9. The Balaban J connectivity index is 1.85. The van der Waals surface area contributed by atoms with Gasteiger partial charge in [0, 0.05) is 25.1 Å². The highest BCUT2D eigenvalue weighted by Gasteiger charge is 2.41. The summed E-state index contributed by atoms with van der Waals surface area (Å²) in [4.78, 5) is 28.2. The van der Waals surface area contributed by atoms with E-state index in [1.165, 1.54) is 0 Å². The molecule has 1 heterocycles. The van der Waals surface area contributed by atoms with Crippen molar-refractivity contribution in [3.05, 3.63) is 53.6 Å². The van der Waals surface area contributed by atoms with Crippen molar-refractivity contribution in [3.63, 3.8) is 0 Å². The standard InChI is InChI=1S/C26H34N2O5/c1-5-6-15-28-24(29)14-12-20(25(28)19-9-7-8-10-21(19)31-2)26(30)27-17-18-11-13-22(32-3)23(16-18)33-4/h7-11,13,16,20,25H,5-6,12,14-15,17H2,1-4H3,(H,27,30). The van der Waals surface area contributed by atoms with Gasteiger partial charge in [0.2, 0.25) is 11.8 Å². The molecule has 1 saturated heterocycles. The average molecular weight is 455 g/mol. The number of likely N-dealkylation sites (tertiary alicyclic amines) is 1. The summed E-state index contributed by atoms with van der Waals surface area (Å²) in [5, 5.41) is 3.07. The number of benzene rings is 2. The van der Waals surface area contributed by atoms with Crippen LogP contribution >= 0.6 is 0 Å². The summed E-state index contributed by atoms with van der Waals surface area (Å²) >= 11 is 0. The predicted molar refractivity (Wildman–Crippen MR) is 126 cm³/mol. The second-order valence-corrected chi connectivity index (χ2v) is 8.18. The van der Waals surface area contributed by atoms with Crippen molar-refractivity contribution in [3.8, 4) is 17.2 Å². The summed E-state index contributed by atoms with van der Waals surface area (Å²) < 4.78 is 16.3. The number of amides is 2. The molecule has 0 radical (unpaired) electrons. The molecule has 0 aromatic heterocycles. The molecule has 0 spiro atoms. The summed E-state index contributed by atoms with van der Waals surface area (Å²) in [5.74, 6) is 1.59. The molecule has 7 nitrogen and oxygen atoms in total. The Morgan fingerprint density at radius 1 is 1.03 bits per heavy atom. The smallest absolute Gasteiger partial charge is 0.225 e. The van der Waals surface area contributed by atoms with Gasteiger partial charge in [0.15, 0.2) is 11.5 Å². The number of carbonyl (C=O) groups is 2. The SMILES string of the molecule is CCCCN1C(=O)CCC(C(=O)NCc2ccc(OC)c(OC)c2)C1c1ccccc1OC. The lowest BCUT2D eigenvalue weighted by molar-refractivity contribution is -0.143. The first-order chi connectivity index (χ1) is 16.0. The molecule has 0 aliphatic carbocycles. The molecule has 33 heavy (non-hydrogen) atoms. The van der Waals surface area contributed by atoms with Crippen molar-refractivity contribution in [1.82, 2.24) is 10.2 Å². The van der Waals surface area contributed by atoms with Gasteiger partial charge in [0.1, 0.15) is 5.75 Å². The van der Waals surface area contributed by atoms with Gasteiger partial charge in [-0.25, -0.2) is 0 Å². The number of rotatable bonds is 10. The molecule has 0 saturated carbocycles. The Bertz CT molecular complexity index is 961. The maximum absolute atomic E-state index is 13.4. The molecular weight excluding hydrogens is 420 g/mol. The summed E-state index contributed by atoms with van der Waals surface area (Å²) in [6.07, 6.45) is 2.72. The Morgan fingerprint density at radius 2 is 1.76 bits per heavy atom. The van der Waals surface area contributed by atoms with Gasteiger partial charge < -0.3 is 24.4 Å². The third-order valence-corrected chi connectivity index (χ3v) is 6.17. The van der Waals surface area contributed by atoms with E-state index in [4.69, 9.17) is 14.2 Å². The fraction of sp³-hybridized carbons (Fsp3) is 0.462. The van der Waals surface area contributed by atoms with Crippen LogP contribution in [0.4, 0.5) is 0 Å². The molecule has 3 rings (SSSR count). The van der Waals surface area contributed by atoms with E-state index in [9.17, 15) is 9.59 Å². The van der Waals surface area contributed by atoms with E-state index >= 15 is 0 Å². The summed E-state index contributed by atoms with van der Waals surface area (Å²) in [5.41, 5.74) is 1.78. The number of nitrogens with one attached hydrogen (secondary N) is 1. The number of hydrogen-bond donors (Lipinski definition) is 1. The number of hydrogen-bond acceptors (Lipinski definition) is 5. The normalized spacial score (nSPS) is 18.1. The highest BCUT2D eigenvalue weighted by molar-refractivity contribution is 5.85. The molecular formula is C26H34N2O5. The van der Waals surface area contributed by atoms with Gasteiger partial charge >= 0.3 is 0 Å². The minimum Gasteiger partial charge on any atom is -0.496 e. The van der Waals surface area contributed by atoms with Crippen molar-refractivity contribution >= 4 is 11.8 Å². The number of carbonyl (C=O) groups excluding carboxylic acids is 2. The zero-order valence-corrected chi connectivity index (χ0v) is 19.9. The van der Waals surface area contributed by atoms with Crippen molar-refractivity contribution < 1.29 is 23.8 Å². The number of methoxy groups -OCH3 is 3. The number of piperidine rings is 1. The number of unbranched alkanes of at least 4 members (excludes halogenated alkanes) is 1. The van der Waals surface area contributed by atoms with E-state index in [1.807, 2.05) is 47.4 Å². The first-order valence-corrected chi connectivity index (χ1v) is 11.4. The van der Waals surface area contributed by atoms with Gasteiger partial charge in [-0.15, -0.1) is 0 Å². The van der Waals surface area contributed by atoms with Crippen LogP contribution in [0, 0.1) is 5.92 Å². The molecule has 1 aliphatic rings. The van der Waals surface area contributed by atoms with Gasteiger partial charge in [-0.1, -0.05) is 37.6 Å². The molecule has 2 unspecified atom stereocenters. The number of ether oxygens (including phenoxy) is 3. The van der Waals surface area contributed by atoms with E-state index in [0.717, 1.165) is 24.0 Å². The fourth-order valence-electron chi connectivity index (χ4n) is 4.43. The quantitative estimate of drug-likeness (QED) is 0.585. The highest BCUT2D eigenvalue weighted by atomic mass is 16.5. The van der Waals surface area contributed by atoms with Crippen LogP contribution in [0.5, 0.6) is 17.2 Å². The molecule has 178 valence electrons. The van der Waals surface area contributed by atoms with Gasteiger partial charge in [-0.05, 0) is 36.6 Å². The monoisotopic (exact) mass is 454 g/mol. The Morgan fingerprint density at radius 3 is 2.45 bits per heavy atom. The summed E-state index contributed by atoms with van der Waals surface area (Å²) in [6, 6.07) is 12.9. The first kappa shape index (κ1) is 24.4. The lowest BCUT2D eigenvalue weighted by atomic mass is 9.83. The maximum atomic E-state index is 13.4. The fourth-order valence-corrected chi connectivity index (χ4v) is 4.43. The maximum Gasteiger partial charge on any atom is 0.225 e. The van der Waals surface area contributed by atoms with E-state index in [0.29, 0.717) is 43.2 Å². The molecule has 7 heteroatoms. The average Bonchev–Trinajstić information content (AvgIpc) is 2.86. The molecule has 1 fully saturated rings. The topological polar surface area (TPSA) is 77.1 Å². The van der Waals surface area contributed by atoms with Crippen LogP contribution in [-0.2, 0) is 16.1 Å². The van der Waals surface area contributed by atoms with Crippen LogP contribution in [0.25, 0.3) is 0 Å². The number of nitrogens with zero attached hydrogens (tertiary/aromatic N) is 1. The zero-order chi connectivity index (χ0) is 23.8. The molecule has 0 bridgehead atoms. The highest BCUT2D eigenvalue weighted by Crippen LogP contribution is 2.41. The second-order valence-electron chi connectivity index (χ2n) is 8.18. The molecule has 2 amide bonds. The van der Waals surface area contributed by atoms with Crippen LogP contribution in [0.1, 0.15) is 49.8 Å². The molecule has 2 aromatic carbocycles. The summed E-state index contributed by atoms with van der Waals surface area (Å²) in [7, 11) is 4.79. The lowest BCUT2D eigenvalue weighted by Crippen LogP contribution is -2.48. The Labute approximate surface area is 196 Å². The second kappa shape index (κ2) is 11.6. The van der Waals surface area contributed by atoms with Gasteiger partial charge in [-0.3, -0.25) is 9.59 Å². The first-order valence-electron chi connectivity index (χ1n) is 11.4. The Hall–Kier alpha value is -3.22. The third-order valence-electron chi connectivity index (χ3n) is 6.17.